The molecule has 0 aliphatic carbocycles. The number of Topliss-reactive ketones (excluding diaryl/α,β-unsaturated/α-hetero) is 1. The zero-order valence-corrected chi connectivity index (χ0v) is 6.18. The van der Waals surface area contributed by atoms with Gasteiger partial charge in [-0.15, -0.1) is 0 Å². The molecular formula is C6H7F3O3. The van der Waals surface area contributed by atoms with Crippen molar-refractivity contribution < 1.29 is 27.9 Å². The van der Waals surface area contributed by atoms with Crippen LogP contribution in [-0.2, 0) is 9.59 Å². The molecule has 0 heterocycles. The minimum absolute atomic E-state index is 0.792. The lowest BCUT2D eigenvalue weighted by molar-refractivity contribution is -0.195. The van der Waals surface area contributed by atoms with Crippen molar-refractivity contribution in [2.24, 2.45) is 5.92 Å². The van der Waals surface area contributed by atoms with Crippen LogP contribution in [0.4, 0.5) is 13.2 Å². The second kappa shape index (κ2) is 3.55. The second-order valence-corrected chi connectivity index (χ2v) is 2.34. The molecule has 0 aliphatic rings. The third-order valence-electron chi connectivity index (χ3n) is 1.18. The van der Waals surface area contributed by atoms with Crippen LogP contribution in [0.3, 0.4) is 0 Å². The van der Waals surface area contributed by atoms with E-state index in [-0.39, 0.29) is 0 Å². The number of carbonyl (C=O) groups excluding carboxylic acids is 1. The molecule has 12 heavy (non-hydrogen) atoms. The predicted octanol–water partition coefficient (Wildman–Crippen LogP) is 1.23. The SMILES string of the molecule is CC(=O)CC(C(=O)O)C(F)(F)F. The van der Waals surface area contributed by atoms with Gasteiger partial charge in [0.25, 0.3) is 0 Å². The van der Waals surface area contributed by atoms with Gasteiger partial charge in [0.15, 0.2) is 5.92 Å². The Morgan fingerprint density at radius 1 is 1.42 bits per heavy atom. The van der Waals surface area contributed by atoms with Crippen LogP contribution in [0, 0.1) is 5.92 Å². The number of alkyl halides is 3. The van der Waals surface area contributed by atoms with Gasteiger partial charge in [-0.25, -0.2) is 0 Å². The van der Waals surface area contributed by atoms with Crippen LogP contribution in [-0.4, -0.2) is 23.0 Å². The van der Waals surface area contributed by atoms with Crippen LogP contribution in [0.15, 0.2) is 0 Å². The summed E-state index contributed by atoms with van der Waals surface area (Å²) in [5, 5.41) is 8.09. The van der Waals surface area contributed by atoms with Crippen molar-refractivity contribution in [3.8, 4) is 0 Å². The van der Waals surface area contributed by atoms with Gasteiger partial charge in [0, 0.05) is 6.42 Å². The summed E-state index contributed by atoms with van der Waals surface area (Å²) in [6, 6.07) is 0. The molecule has 0 amide bonds. The smallest absolute Gasteiger partial charge is 0.402 e. The number of halogens is 3. The Bertz CT molecular complexity index is 197. The molecule has 0 fully saturated rings. The predicted molar refractivity (Wildman–Crippen MR) is 32.5 cm³/mol. The Balaban J connectivity index is 4.46. The highest BCUT2D eigenvalue weighted by atomic mass is 19.4. The largest absolute Gasteiger partial charge is 0.481 e. The van der Waals surface area contributed by atoms with Gasteiger partial charge in [0.05, 0.1) is 0 Å². The number of carbonyl (C=O) groups is 2. The van der Waals surface area contributed by atoms with Crippen molar-refractivity contribution in [2.45, 2.75) is 19.5 Å². The van der Waals surface area contributed by atoms with Crippen molar-refractivity contribution in [1.29, 1.82) is 0 Å². The van der Waals surface area contributed by atoms with Crippen molar-refractivity contribution in [3.05, 3.63) is 0 Å². The molecule has 1 atom stereocenters. The van der Waals surface area contributed by atoms with E-state index in [1.807, 2.05) is 0 Å². The van der Waals surface area contributed by atoms with Crippen LogP contribution in [0.5, 0.6) is 0 Å². The van der Waals surface area contributed by atoms with E-state index in [0.717, 1.165) is 6.92 Å². The van der Waals surface area contributed by atoms with Gasteiger partial charge in [0.1, 0.15) is 5.78 Å². The molecule has 1 N–H and O–H groups in total. The van der Waals surface area contributed by atoms with Gasteiger partial charge in [-0.2, -0.15) is 13.2 Å². The van der Waals surface area contributed by atoms with E-state index in [1.54, 1.807) is 0 Å². The molecule has 0 spiro atoms. The molecule has 0 saturated carbocycles. The van der Waals surface area contributed by atoms with Crippen LogP contribution in [0.1, 0.15) is 13.3 Å². The van der Waals surface area contributed by atoms with Crippen molar-refractivity contribution >= 4 is 11.8 Å². The summed E-state index contributed by atoms with van der Waals surface area (Å²) >= 11 is 0. The minimum Gasteiger partial charge on any atom is -0.481 e. The Kier molecular flexibility index (Phi) is 3.24. The maximum absolute atomic E-state index is 11.8. The van der Waals surface area contributed by atoms with E-state index >= 15 is 0 Å². The lowest BCUT2D eigenvalue weighted by Gasteiger charge is -2.13. The van der Waals surface area contributed by atoms with Gasteiger partial charge >= 0.3 is 12.1 Å². The first-order valence-electron chi connectivity index (χ1n) is 3.04. The summed E-state index contributed by atoms with van der Waals surface area (Å²) < 4.78 is 35.4. The molecule has 0 aliphatic heterocycles. The van der Waals surface area contributed by atoms with E-state index in [2.05, 4.69) is 0 Å². The molecule has 0 rings (SSSR count). The second-order valence-electron chi connectivity index (χ2n) is 2.34. The van der Waals surface area contributed by atoms with Crippen LogP contribution in [0.25, 0.3) is 0 Å². The normalized spacial score (nSPS) is 14.0. The van der Waals surface area contributed by atoms with Gasteiger partial charge in [0.2, 0.25) is 0 Å². The molecule has 0 saturated heterocycles. The molecule has 0 aromatic heterocycles. The standard InChI is InChI=1S/C6H7F3O3/c1-3(10)2-4(5(11)12)6(7,8)9/h4H,2H2,1H3,(H,11,12). The highest BCUT2D eigenvalue weighted by Crippen LogP contribution is 2.29. The van der Waals surface area contributed by atoms with E-state index in [9.17, 15) is 22.8 Å². The van der Waals surface area contributed by atoms with Crippen molar-refractivity contribution in [1.82, 2.24) is 0 Å². The van der Waals surface area contributed by atoms with Gasteiger partial charge < -0.3 is 5.11 Å². The monoisotopic (exact) mass is 184 g/mol. The van der Waals surface area contributed by atoms with E-state index < -0.39 is 30.3 Å². The molecular weight excluding hydrogens is 177 g/mol. The van der Waals surface area contributed by atoms with E-state index in [0.29, 0.717) is 0 Å². The van der Waals surface area contributed by atoms with Gasteiger partial charge in [-0.1, -0.05) is 0 Å². The number of aliphatic carboxylic acids is 1. The highest BCUT2D eigenvalue weighted by Gasteiger charge is 2.45. The maximum Gasteiger partial charge on any atom is 0.402 e. The number of ketones is 1. The Hall–Kier alpha value is -1.07. The fourth-order valence-electron chi connectivity index (χ4n) is 0.631. The molecule has 0 aromatic carbocycles. The molecule has 1 unspecified atom stereocenters. The summed E-state index contributed by atoms with van der Waals surface area (Å²) in [4.78, 5) is 20.3. The molecule has 0 bridgehead atoms. The Morgan fingerprint density at radius 3 is 1.92 bits per heavy atom. The Morgan fingerprint density at radius 2 is 1.83 bits per heavy atom. The molecule has 70 valence electrons. The molecule has 0 radical (unpaired) electrons. The summed E-state index contributed by atoms with van der Waals surface area (Å²) in [6.45, 7) is 0.918. The zero-order chi connectivity index (χ0) is 9.94. The summed E-state index contributed by atoms with van der Waals surface area (Å²) in [6.07, 6.45) is -5.85. The molecule has 0 aromatic rings. The third-order valence-corrected chi connectivity index (χ3v) is 1.18. The van der Waals surface area contributed by atoms with Crippen molar-refractivity contribution in [3.63, 3.8) is 0 Å². The van der Waals surface area contributed by atoms with Crippen LogP contribution < -0.4 is 0 Å². The third kappa shape index (κ3) is 3.36. The van der Waals surface area contributed by atoms with Crippen LogP contribution in [0.2, 0.25) is 0 Å². The first-order chi connectivity index (χ1) is 5.25. The maximum atomic E-state index is 11.8. The zero-order valence-electron chi connectivity index (χ0n) is 6.18. The van der Waals surface area contributed by atoms with Crippen molar-refractivity contribution in [2.75, 3.05) is 0 Å². The number of hydrogen-bond acceptors (Lipinski definition) is 2. The average Bonchev–Trinajstić information content (AvgIpc) is 1.79. The summed E-state index contributed by atoms with van der Waals surface area (Å²) in [7, 11) is 0. The summed E-state index contributed by atoms with van der Waals surface area (Å²) in [5.41, 5.74) is 0. The average molecular weight is 184 g/mol. The lowest BCUT2D eigenvalue weighted by atomic mass is 10.0. The fraction of sp³-hybridized carbons (Fsp3) is 0.667. The first-order valence-corrected chi connectivity index (χ1v) is 3.04. The van der Waals surface area contributed by atoms with E-state index in [4.69, 9.17) is 5.11 Å². The number of carboxylic acids is 1. The van der Waals surface area contributed by atoms with E-state index in [1.165, 1.54) is 0 Å². The quantitative estimate of drug-likeness (QED) is 0.717. The lowest BCUT2D eigenvalue weighted by Crippen LogP contribution is -2.32. The fourth-order valence-corrected chi connectivity index (χ4v) is 0.631. The topological polar surface area (TPSA) is 54.4 Å². The number of carboxylic acid groups (broad SMARTS) is 1. The first kappa shape index (κ1) is 10.9. The number of hydrogen-bond donors (Lipinski definition) is 1. The van der Waals surface area contributed by atoms with Crippen LogP contribution >= 0.6 is 0 Å². The number of rotatable bonds is 3. The molecule has 6 heteroatoms. The highest BCUT2D eigenvalue weighted by molar-refractivity contribution is 5.82. The molecule has 3 nitrogen and oxygen atoms in total. The van der Waals surface area contributed by atoms with Gasteiger partial charge in [-0.05, 0) is 6.92 Å². The Labute approximate surface area is 66.2 Å². The minimum atomic E-state index is -4.85. The summed E-state index contributed by atoms with van der Waals surface area (Å²) in [5.74, 6) is -5.38. The van der Waals surface area contributed by atoms with Gasteiger partial charge in [-0.3, -0.25) is 9.59 Å².